The molecule has 2 aromatic rings. The van der Waals surface area contributed by atoms with E-state index < -0.39 is 0 Å². The minimum absolute atomic E-state index is 0.501. The van der Waals surface area contributed by atoms with Gasteiger partial charge in [0.1, 0.15) is 5.82 Å². The lowest BCUT2D eigenvalue weighted by molar-refractivity contribution is 0.111. The lowest BCUT2D eigenvalue weighted by Crippen LogP contribution is -2.04. The Labute approximate surface area is 152 Å². The maximum Gasteiger partial charge on any atom is 0.190 e. The van der Waals surface area contributed by atoms with Crippen LogP contribution in [0.3, 0.4) is 0 Å². The fourth-order valence-electron chi connectivity index (χ4n) is 2.36. The Morgan fingerprint density at radius 3 is 2.84 bits per heavy atom. The maximum atomic E-state index is 11.1. The van der Waals surface area contributed by atoms with Crippen LogP contribution in [0, 0.1) is 0 Å². The molecular weight excluding hydrogens is 338 g/mol. The first kappa shape index (κ1) is 19.3. The Morgan fingerprint density at radius 2 is 2.12 bits per heavy atom. The number of ether oxygens (including phenoxy) is 2. The summed E-state index contributed by atoms with van der Waals surface area (Å²) in [6.45, 7) is 2.68. The van der Waals surface area contributed by atoms with Gasteiger partial charge < -0.3 is 14.0 Å². The van der Waals surface area contributed by atoms with E-state index in [-0.39, 0.29) is 0 Å². The van der Waals surface area contributed by atoms with E-state index in [1.54, 1.807) is 37.1 Å². The molecule has 0 unspecified atom stereocenters. The molecule has 0 saturated carbocycles. The molecule has 0 aliphatic rings. The van der Waals surface area contributed by atoms with Gasteiger partial charge in [-0.25, -0.2) is 0 Å². The van der Waals surface area contributed by atoms with Gasteiger partial charge in [-0.05, 0) is 25.0 Å². The monoisotopic (exact) mass is 363 g/mol. The van der Waals surface area contributed by atoms with Crippen LogP contribution in [0.5, 0.6) is 11.5 Å². The molecule has 0 atom stereocenters. The van der Waals surface area contributed by atoms with Gasteiger partial charge in [0.05, 0.1) is 19.3 Å². The van der Waals surface area contributed by atoms with Crippen LogP contribution in [0.15, 0.2) is 23.4 Å². The highest BCUT2D eigenvalue weighted by Crippen LogP contribution is 2.30. The molecule has 136 valence electrons. The Morgan fingerprint density at radius 1 is 1.28 bits per heavy atom. The second-order valence-electron chi connectivity index (χ2n) is 5.61. The summed E-state index contributed by atoms with van der Waals surface area (Å²) in [4.78, 5) is 11.1. The number of carbonyl (C=O) groups excluding carboxylic acids is 1. The zero-order valence-electron chi connectivity index (χ0n) is 15.0. The molecule has 25 heavy (non-hydrogen) atoms. The molecule has 0 amide bonds. The molecule has 2 rings (SSSR count). The Bertz CT molecular complexity index is 688. The number of aromatic nitrogens is 3. The third-order valence-electron chi connectivity index (χ3n) is 3.80. The summed E-state index contributed by atoms with van der Waals surface area (Å²) < 4.78 is 13.1. The minimum Gasteiger partial charge on any atom is -0.493 e. The first-order chi connectivity index (χ1) is 12.2. The first-order valence-electron chi connectivity index (χ1n) is 8.47. The maximum absolute atomic E-state index is 11.1. The van der Waals surface area contributed by atoms with Crippen LogP contribution >= 0.6 is 11.8 Å². The van der Waals surface area contributed by atoms with Crippen molar-refractivity contribution in [2.24, 2.45) is 7.05 Å². The van der Waals surface area contributed by atoms with Gasteiger partial charge in [-0.1, -0.05) is 31.2 Å². The third kappa shape index (κ3) is 5.22. The van der Waals surface area contributed by atoms with E-state index in [1.807, 2.05) is 7.05 Å². The SMILES string of the molecule is CCCCc1nnc(SCCCOc2c(C=O)cccc2OC)n1C. The van der Waals surface area contributed by atoms with Crippen molar-refractivity contribution in [1.82, 2.24) is 14.8 Å². The number of nitrogens with zero attached hydrogens (tertiary/aromatic N) is 3. The van der Waals surface area contributed by atoms with E-state index in [0.29, 0.717) is 23.7 Å². The van der Waals surface area contributed by atoms with Crippen molar-refractivity contribution in [2.75, 3.05) is 19.5 Å². The molecule has 1 heterocycles. The zero-order valence-corrected chi connectivity index (χ0v) is 15.8. The summed E-state index contributed by atoms with van der Waals surface area (Å²) in [7, 11) is 3.58. The number of aryl methyl sites for hydroxylation is 1. The van der Waals surface area contributed by atoms with Gasteiger partial charge in [0, 0.05) is 19.2 Å². The van der Waals surface area contributed by atoms with Gasteiger partial charge >= 0.3 is 0 Å². The molecule has 6 nitrogen and oxygen atoms in total. The van der Waals surface area contributed by atoms with Crippen LogP contribution in [0.4, 0.5) is 0 Å². The second-order valence-corrected chi connectivity index (χ2v) is 6.67. The topological polar surface area (TPSA) is 66.2 Å². The van der Waals surface area contributed by atoms with Crippen LogP contribution in [0.2, 0.25) is 0 Å². The summed E-state index contributed by atoms with van der Waals surface area (Å²) in [6.07, 6.45) is 4.86. The molecule has 0 N–H and O–H groups in total. The number of benzene rings is 1. The zero-order chi connectivity index (χ0) is 18.1. The first-order valence-corrected chi connectivity index (χ1v) is 9.45. The fourth-order valence-corrected chi connectivity index (χ4v) is 3.20. The van der Waals surface area contributed by atoms with Crippen LogP contribution < -0.4 is 9.47 Å². The van der Waals surface area contributed by atoms with Gasteiger partial charge in [0.15, 0.2) is 22.9 Å². The quantitative estimate of drug-likeness (QED) is 0.346. The number of rotatable bonds is 11. The summed E-state index contributed by atoms with van der Waals surface area (Å²) >= 11 is 1.66. The van der Waals surface area contributed by atoms with E-state index >= 15 is 0 Å². The molecule has 0 aliphatic heterocycles. The molecule has 0 spiro atoms. The molecule has 0 bridgehead atoms. The highest BCUT2D eigenvalue weighted by atomic mass is 32.2. The van der Waals surface area contributed by atoms with Crippen LogP contribution in [0.1, 0.15) is 42.4 Å². The highest BCUT2D eigenvalue weighted by molar-refractivity contribution is 7.99. The average molecular weight is 363 g/mol. The largest absolute Gasteiger partial charge is 0.493 e. The van der Waals surface area contributed by atoms with Crippen molar-refractivity contribution in [3.63, 3.8) is 0 Å². The smallest absolute Gasteiger partial charge is 0.190 e. The normalized spacial score (nSPS) is 10.7. The Hall–Kier alpha value is -2.02. The van der Waals surface area contributed by atoms with Crippen molar-refractivity contribution in [3.05, 3.63) is 29.6 Å². The minimum atomic E-state index is 0.501. The van der Waals surface area contributed by atoms with Gasteiger partial charge in [0.2, 0.25) is 0 Å². The van der Waals surface area contributed by atoms with E-state index in [9.17, 15) is 4.79 Å². The van der Waals surface area contributed by atoms with Gasteiger partial charge in [-0.15, -0.1) is 10.2 Å². The van der Waals surface area contributed by atoms with Gasteiger partial charge in [-0.3, -0.25) is 4.79 Å². The predicted octanol–water partition coefficient (Wildman–Crippen LogP) is 3.54. The molecular formula is C18H25N3O3S. The number of thioether (sulfide) groups is 1. The van der Waals surface area contributed by atoms with E-state index in [0.717, 1.165) is 48.7 Å². The van der Waals surface area contributed by atoms with E-state index in [2.05, 4.69) is 21.7 Å². The molecule has 0 aliphatic carbocycles. The average Bonchev–Trinajstić information content (AvgIpc) is 2.99. The number of para-hydroxylation sites is 1. The van der Waals surface area contributed by atoms with Crippen molar-refractivity contribution in [3.8, 4) is 11.5 Å². The fraction of sp³-hybridized carbons (Fsp3) is 0.500. The summed E-state index contributed by atoms with van der Waals surface area (Å²) in [6, 6.07) is 5.28. The molecule has 0 saturated heterocycles. The lowest BCUT2D eigenvalue weighted by Gasteiger charge is -2.12. The molecule has 0 fully saturated rings. The van der Waals surface area contributed by atoms with Crippen molar-refractivity contribution in [1.29, 1.82) is 0 Å². The van der Waals surface area contributed by atoms with Gasteiger partial charge in [0.25, 0.3) is 0 Å². The van der Waals surface area contributed by atoms with Crippen LogP contribution in [-0.2, 0) is 13.5 Å². The summed E-state index contributed by atoms with van der Waals surface area (Å²) in [5.74, 6) is 2.98. The number of methoxy groups -OCH3 is 1. The van der Waals surface area contributed by atoms with Crippen molar-refractivity contribution >= 4 is 18.0 Å². The third-order valence-corrected chi connectivity index (χ3v) is 4.91. The predicted molar refractivity (Wildman–Crippen MR) is 98.8 cm³/mol. The van der Waals surface area contributed by atoms with Crippen molar-refractivity contribution < 1.29 is 14.3 Å². The standard InChI is InChI=1S/C18H25N3O3S/c1-4-5-10-16-19-20-18(21(16)2)25-12-7-11-24-17-14(13-22)8-6-9-15(17)23-3/h6,8-9,13H,4-5,7,10-12H2,1-3H3. The molecule has 7 heteroatoms. The van der Waals surface area contributed by atoms with E-state index in [4.69, 9.17) is 9.47 Å². The number of aldehydes is 1. The number of hydrogen-bond donors (Lipinski definition) is 0. The Kier molecular flexibility index (Phi) is 7.78. The summed E-state index contributed by atoms with van der Waals surface area (Å²) in [5.41, 5.74) is 0.501. The molecule has 0 radical (unpaired) electrons. The van der Waals surface area contributed by atoms with Gasteiger partial charge in [-0.2, -0.15) is 0 Å². The number of carbonyl (C=O) groups is 1. The number of unbranched alkanes of at least 4 members (excludes halogenated alkanes) is 1. The Balaban J connectivity index is 1.81. The molecule has 1 aromatic heterocycles. The summed E-state index contributed by atoms with van der Waals surface area (Å²) in [5, 5.41) is 9.43. The number of hydrogen-bond acceptors (Lipinski definition) is 6. The van der Waals surface area contributed by atoms with Crippen LogP contribution in [-0.4, -0.2) is 40.5 Å². The second kappa shape index (κ2) is 10.1. The lowest BCUT2D eigenvalue weighted by atomic mass is 10.2. The van der Waals surface area contributed by atoms with Crippen LogP contribution in [0.25, 0.3) is 0 Å². The highest BCUT2D eigenvalue weighted by Gasteiger charge is 2.11. The van der Waals surface area contributed by atoms with E-state index in [1.165, 1.54) is 0 Å². The molecule has 1 aromatic carbocycles. The van der Waals surface area contributed by atoms with Crippen molar-refractivity contribution in [2.45, 2.75) is 37.8 Å².